The molecule has 1 aliphatic heterocycles. The molecule has 3 N–H and O–H groups in total. The monoisotopic (exact) mass is 559 g/mol. The van der Waals surface area contributed by atoms with Gasteiger partial charge in [0.1, 0.15) is 34.1 Å². The average molecular weight is 560 g/mol. The zero-order chi connectivity index (χ0) is 28.8. The molecule has 1 saturated heterocycles. The van der Waals surface area contributed by atoms with Crippen LogP contribution in [-0.4, -0.2) is 51.1 Å². The van der Waals surface area contributed by atoms with E-state index in [1.165, 1.54) is 42.5 Å². The third-order valence-corrected chi connectivity index (χ3v) is 6.91. The van der Waals surface area contributed by atoms with Crippen molar-refractivity contribution in [3.63, 3.8) is 0 Å². The molecule has 1 aromatic carbocycles. The number of rotatable bonds is 5. The number of halogens is 4. The van der Waals surface area contributed by atoms with Crippen LogP contribution in [0.4, 0.5) is 17.6 Å². The Kier molecular flexibility index (Phi) is 6.96. The number of benzene rings is 1. The van der Waals surface area contributed by atoms with Gasteiger partial charge in [0.2, 0.25) is 5.89 Å². The predicted molar refractivity (Wildman–Crippen MR) is 135 cm³/mol. The fourth-order valence-electron chi connectivity index (χ4n) is 4.80. The summed E-state index contributed by atoms with van der Waals surface area (Å²) in [6.07, 6.45) is -3.19. The highest BCUT2D eigenvalue weighted by atomic mass is 19.4. The zero-order valence-corrected chi connectivity index (χ0v) is 21.5. The van der Waals surface area contributed by atoms with E-state index in [1.807, 2.05) is 0 Å². The van der Waals surface area contributed by atoms with E-state index in [9.17, 15) is 27.5 Å². The Hall–Kier alpha value is -4.10. The average Bonchev–Trinajstić information content (AvgIpc) is 3.37. The van der Waals surface area contributed by atoms with Crippen LogP contribution < -0.4 is 10.5 Å². The van der Waals surface area contributed by atoms with Crippen LogP contribution >= 0.6 is 0 Å². The summed E-state index contributed by atoms with van der Waals surface area (Å²) in [6, 6.07) is 6.95. The highest BCUT2D eigenvalue weighted by Crippen LogP contribution is 2.38. The van der Waals surface area contributed by atoms with Gasteiger partial charge in [0.25, 0.3) is 5.91 Å². The number of pyridine rings is 2. The summed E-state index contributed by atoms with van der Waals surface area (Å²) >= 11 is 0. The summed E-state index contributed by atoms with van der Waals surface area (Å²) in [5.41, 5.74) is 3.55. The molecule has 210 valence electrons. The first-order valence-electron chi connectivity index (χ1n) is 12.4. The van der Waals surface area contributed by atoms with Gasteiger partial charge in [-0.25, -0.2) is 14.4 Å². The van der Waals surface area contributed by atoms with Gasteiger partial charge in [-0.2, -0.15) is 13.2 Å². The molecule has 0 unspecified atom stereocenters. The van der Waals surface area contributed by atoms with Crippen LogP contribution in [0.25, 0.3) is 22.4 Å². The molecule has 4 aromatic rings. The second kappa shape index (κ2) is 10.1. The number of oxazole rings is 1. The van der Waals surface area contributed by atoms with E-state index in [-0.39, 0.29) is 71.2 Å². The molecular formula is C27H25F4N5O4. The molecule has 9 nitrogen and oxygen atoms in total. The van der Waals surface area contributed by atoms with Crippen molar-refractivity contribution in [2.75, 3.05) is 20.2 Å². The summed E-state index contributed by atoms with van der Waals surface area (Å²) in [5, 5.41) is 11.3. The molecule has 1 aliphatic rings. The van der Waals surface area contributed by atoms with Crippen molar-refractivity contribution in [3.05, 3.63) is 71.3 Å². The number of carbonyl (C=O) groups is 1. The van der Waals surface area contributed by atoms with E-state index < -0.39 is 35.2 Å². The molecule has 0 bridgehead atoms. The van der Waals surface area contributed by atoms with E-state index >= 15 is 0 Å². The number of carbonyl (C=O) groups excluding carboxylic acids is 1. The lowest BCUT2D eigenvalue weighted by Crippen LogP contribution is -2.46. The first-order chi connectivity index (χ1) is 18.9. The first-order valence-corrected chi connectivity index (χ1v) is 12.4. The Bertz CT molecular complexity index is 1580. The number of hydrogen-bond donors (Lipinski definition) is 2. The van der Waals surface area contributed by atoms with Crippen molar-refractivity contribution in [1.29, 1.82) is 0 Å². The Morgan fingerprint density at radius 1 is 1.18 bits per heavy atom. The van der Waals surface area contributed by atoms with Gasteiger partial charge in [0.05, 0.1) is 13.2 Å². The molecule has 0 radical (unpaired) electrons. The topological polar surface area (TPSA) is 128 Å². The number of aliphatic hydroxyl groups is 1. The summed E-state index contributed by atoms with van der Waals surface area (Å²) in [6.45, 7) is 1.77. The summed E-state index contributed by atoms with van der Waals surface area (Å²) in [4.78, 5) is 27.1. The van der Waals surface area contributed by atoms with Gasteiger partial charge in [-0.3, -0.25) is 9.78 Å². The van der Waals surface area contributed by atoms with Gasteiger partial charge >= 0.3 is 6.18 Å². The minimum Gasteiger partial charge on any atom is -0.494 e. The normalized spacial score (nSPS) is 16.2. The predicted octanol–water partition coefficient (Wildman–Crippen LogP) is 4.59. The quantitative estimate of drug-likeness (QED) is 0.340. The van der Waals surface area contributed by atoms with Crippen LogP contribution in [-0.2, 0) is 11.8 Å². The van der Waals surface area contributed by atoms with Crippen LogP contribution in [0.15, 0.2) is 47.0 Å². The molecule has 0 spiro atoms. The molecule has 3 aromatic heterocycles. The van der Waals surface area contributed by atoms with Crippen molar-refractivity contribution in [2.24, 2.45) is 5.73 Å². The molecule has 4 heterocycles. The van der Waals surface area contributed by atoms with Crippen LogP contribution in [0.2, 0.25) is 0 Å². The molecule has 13 heteroatoms. The number of fused-ring (bicyclic) bond motifs is 1. The summed E-state index contributed by atoms with van der Waals surface area (Å²) in [7, 11) is 1.31. The van der Waals surface area contributed by atoms with Crippen molar-refractivity contribution in [2.45, 2.75) is 37.6 Å². The second-order valence-electron chi connectivity index (χ2n) is 9.58. The fourth-order valence-corrected chi connectivity index (χ4v) is 4.80. The van der Waals surface area contributed by atoms with Crippen LogP contribution in [0.3, 0.4) is 0 Å². The number of likely N-dealkylation sites (tertiary alicyclic amines) is 1. The highest BCUT2D eigenvalue weighted by Gasteiger charge is 2.40. The Labute approximate surface area is 225 Å². The number of piperidine rings is 1. The number of ether oxygens (including phenoxy) is 1. The third-order valence-electron chi connectivity index (χ3n) is 6.91. The maximum absolute atomic E-state index is 14.3. The van der Waals surface area contributed by atoms with Gasteiger partial charge in [0, 0.05) is 30.2 Å². The minimum atomic E-state index is -4.66. The van der Waals surface area contributed by atoms with Gasteiger partial charge in [-0.1, -0.05) is 0 Å². The maximum atomic E-state index is 14.3. The number of methoxy groups -OCH3 is 1. The lowest BCUT2D eigenvalue weighted by Gasteiger charge is -2.37. The van der Waals surface area contributed by atoms with Crippen LogP contribution in [0, 0.1) is 5.82 Å². The molecule has 1 atom stereocenters. The van der Waals surface area contributed by atoms with Gasteiger partial charge in [-0.05, 0) is 56.2 Å². The van der Waals surface area contributed by atoms with Crippen LogP contribution in [0.5, 0.6) is 5.75 Å². The van der Waals surface area contributed by atoms with Crippen molar-refractivity contribution < 1.29 is 36.6 Å². The van der Waals surface area contributed by atoms with Crippen molar-refractivity contribution in [3.8, 4) is 17.2 Å². The van der Waals surface area contributed by atoms with E-state index in [0.29, 0.717) is 0 Å². The minimum absolute atomic E-state index is 0.0334. The number of alkyl halides is 3. The molecule has 1 fully saturated rings. The molecule has 5 rings (SSSR count). The Morgan fingerprint density at radius 3 is 2.52 bits per heavy atom. The van der Waals surface area contributed by atoms with Gasteiger partial charge in [0.15, 0.2) is 11.5 Å². The lowest BCUT2D eigenvalue weighted by atomic mass is 9.87. The standard InChI is InChI=1S/C27H25F4N5O4/c1-14(32)22-21(25(37)36-12-9-26(38,10-13-36)23-17(28)4-3-11-33-23)35-24(40-22)16-5-7-18(39-2)20-15(16)6-8-19(34-20)27(29,30)31/h3-8,11,14,38H,9-10,12-13,32H2,1-2H3/t14-/m0/s1. The van der Waals surface area contributed by atoms with Crippen molar-refractivity contribution in [1.82, 2.24) is 19.9 Å². The van der Waals surface area contributed by atoms with E-state index in [0.717, 1.165) is 6.07 Å². The van der Waals surface area contributed by atoms with Crippen LogP contribution in [0.1, 0.15) is 53.4 Å². The molecule has 40 heavy (non-hydrogen) atoms. The molecule has 0 aliphatic carbocycles. The number of nitrogens with zero attached hydrogens (tertiary/aromatic N) is 4. The van der Waals surface area contributed by atoms with E-state index in [2.05, 4.69) is 15.0 Å². The number of amides is 1. The van der Waals surface area contributed by atoms with E-state index in [4.69, 9.17) is 14.9 Å². The molecule has 1 amide bonds. The zero-order valence-electron chi connectivity index (χ0n) is 21.5. The SMILES string of the molecule is COc1ccc(-c2nc(C(=O)N3CCC(O)(c4ncccc4F)CC3)c([C@H](C)N)o2)c2ccc(C(F)(F)F)nc12. The highest BCUT2D eigenvalue weighted by molar-refractivity contribution is 5.98. The van der Waals surface area contributed by atoms with Crippen molar-refractivity contribution >= 4 is 16.8 Å². The maximum Gasteiger partial charge on any atom is 0.433 e. The fraction of sp³-hybridized carbons (Fsp3) is 0.333. The Balaban J connectivity index is 1.48. The number of hydrogen-bond acceptors (Lipinski definition) is 8. The van der Waals surface area contributed by atoms with Gasteiger partial charge < -0.3 is 24.9 Å². The lowest BCUT2D eigenvalue weighted by molar-refractivity contribution is -0.140. The summed E-state index contributed by atoms with van der Waals surface area (Å²) in [5.74, 6) is -0.977. The Morgan fingerprint density at radius 2 is 1.90 bits per heavy atom. The first kappa shape index (κ1) is 27.5. The van der Waals surface area contributed by atoms with E-state index in [1.54, 1.807) is 13.0 Å². The third kappa shape index (κ3) is 4.86. The van der Waals surface area contributed by atoms with Gasteiger partial charge in [-0.15, -0.1) is 0 Å². The molecule has 0 saturated carbocycles. The number of aromatic nitrogens is 3. The second-order valence-corrected chi connectivity index (χ2v) is 9.58. The summed E-state index contributed by atoms with van der Waals surface area (Å²) < 4.78 is 65.4. The largest absolute Gasteiger partial charge is 0.494 e. The number of nitrogens with two attached hydrogens (primary N) is 1. The molecular weight excluding hydrogens is 534 g/mol. The smallest absolute Gasteiger partial charge is 0.433 e.